The summed E-state index contributed by atoms with van der Waals surface area (Å²) in [5.41, 5.74) is 2.11. The fourth-order valence-corrected chi connectivity index (χ4v) is 3.71. The topological polar surface area (TPSA) is 41.6 Å². The number of alkyl halides is 3. The molecule has 0 saturated carbocycles. The summed E-state index contributed by atoms with van der Waals surface area (Å²) in [6.07, 6.45) is -5.53. The molecule has 0 aliphatic carbocycles. The molecule has 0 spiro atoms. The number of ether oxygens (including phenoxy) is 1. The van der Waals surface area contributed by atoms with E-state index in [1.54, 1.807) is 42.5 Å². The molecule has 0 radical (unpaired) electrons. The molecule has 31 heavy (non-hydrogen) atoms. The molecule has 3 aromatic rings. The van der Waals surface area contributed by atoms with Crippen molar-refractivity contribution in [2.24, 2.45) is 0 Å². The third-order valence-electron chi connectivity index (χ3n) is 5.14. The standard InChI is InChI=1S/C24H21F3N2O2/c25-24(26,27)23(30)29(15-17-9-3-1-4-10-17)16-20-22(18-11-5-2-6-12-18)31-21-14-8-7-13-19(21)28-20/h1-14,20,22,28H,15-16H2. The van der Waals surface area contributed by atoms with Crippen molar-refractivity contribution in [3.63, 3.8) is 0 Å². The van der Waals surface area contributed by atoms with Crippen LogP contribution in [0.5, 0.6) is 5.75 Å². The molecule has 1 aliphatic heterocycles. The number of nitrogens with one attached hydrogen (secondary N) is 1. The van der Waals surface area contributed by atoms with Crippen LogP contribution in [0.3, 0.4) is 0 Å². The molecule has 1 heterocycles. The minimum Gasteiger partial charge on any atom is -0.481 e. The van der Waals surface area contributed by atoms with Crippen LogP contribution < -0.4 is 10.1 Å². The van der Waals surface area contributed by atoms with Gasteiger partial charge in [0.05, 0.1) is 11.7 Å². The van der Waals surface area contributed by atoms with Gasteiger partial charge in [0.25, 0.3) is 0 Å². The number of para-hydroxylation sites is 2. The lowest BCUT2D eigenvalue weighted by molar-refractivity contribution is -0.186. The largest absolute Gasteiger partial charge is 0.481 e. The Morgan fingerprint density at radius 1 is 0.903 bits per heavy atom. The summed E-state index contributed by atoms with van der Waals surface area (Å²) in [4.78, 5) is 13.1. The molecule has 2 atom stereocenters. The second kappa shape index (κ2) is 8.71. The zero-order chi connectivity index (χ0) is 21.8. The molecule has 0 bridgehead atoms. The van der Waals surface area contributed by atoms with Crippen LogP contribution in [0.25, 0.3) is 0 Å². The van der Waals surface area contributed by atoms with E-state index in [2.05, 4.69) is 5.32 Å². The summed E-state index contributed by atoms with van der Waals surface area (Å²) in [6, 6.07) is 24.6. The minimum absolute atomic E-state index is 0.152. The minimum atomic E-state index is -4.97. The maximum atomic E-state index is 13.4. The first-order valence-corrected chi connectivity index (χ1v) is 9.89. The van der Waals surface area contributed by atoms with Crippen molar-refractivity contribution < 1.29 is 22.7 Å². The smallest absolute Gasteiger partial charge is 0.471 e. The number of benzene rings is 3. The van der Waals surface area contributed by atoms with Crippen LogP contribution in [-0.4, -0.2) is 29.6 Å². The van der Waals surface area contributed by atoms with Gasteiger partial charge in [-0.1, -0.05) is 72.8 Å². The van der Waals surface area contributed by atoms with Gasteiger partial charge in [0, 0.05) is 13.1 Å². The van der Waals surface area contributed by atoms with Crippen molar-refractivity contribution in [3.8, 4) is 5.75 Å². The molecule has 4 nitrogen and oxygen atoms in total. The number of carbonyl (C=O) groups excluding carboxylic acids is 1. The SMILES string of the molecule is O=C(N(Cc1ccccc1)CC1Nc2ccccc2OC1c1ccccc1)C(F)(F)F. The van der Waals surface area contributed by atoms with Crippen LogP contribution in [0.1, 0.15) is 17.2 Å². The molecular weight excluding hydrogens is 405 g/mol. The number of carbonyl (C=O) groups is 1. The van der Waals surface area contributed by atoms with Crippen LogP contribution >= 0.6 is 0 Å². The zero-order valence-electron chi connectivity index (χ0n) is 16.5. The molecule has 7 heteroatoms. The maximum absolute atomic E-state index is 13.4. The number of anilines is 1. The quantitative estimate of drug-likeness (QED) is 0.610. The Kier molecular flexibility index (Phi) is 5.84. The van der Waals surface area contributed by atoms with Gasteiger partial charge in [-0.15, -0.1) is 0 Å². The maximum Gasteiger partial charge on any atom is 0.471 e. The molecule has 1 amide bonds. The Morgan fingerprint density at radius 2 is 1.52 bits per heavy atom. The molecule has 4 rings (SSSR count). The third kappa shape index (κ3) is 4.82. The van der Waals surface area contributed by atoms with E-state index in [0.29, 0.717) is 17.0 Å². The van der Waals surface area contributed by atoms with E-state index in [1.165, 1.54) is 0 Å². The summed E-state index contributed by atoms with van der Waals surface area (Å²) >= 11 is 0. The van der Waals surface area contributed by atoms with Gasteiger partial charge >= 0.3 is 12.1 Å². The van der Waals surface area contributed by atoms with Gasteiger partial charge in [-0.2, -0.15) is 13.2 Å². The first-order valence-electron chi connectivity index (χ1n) is 9.89. The van der Waals surface area contributed by atoms with Crippen molar-refractivity contribution >= 4 is 11.6 Å². The normalized spacial score (nSPS) is 17.8. The third-order valence-corrected chi connectivity index (χ3v) is 5.14. The fourth-order valence-electron chi connectivity index (χ4n) is 3.71. The van der Waals surface area contributed by atoms with E-state index in [9.17, 15) is 18.0 Å². The predicted octanol–water partition coefficient (Wildman–Crippen LogP) is 5.19. The van der Waals surface area contributed by atoms with Crippen molar-refractivity contribution in [3.05, 3.63) is 96.1 Å². The van der Waals surface area contributed by atoms with Crippen molar-refractivity contribution in [1.29, 1.82) is 0 Å². The van der Waals surface area contributed by atoms with Crippen molar-refractivity contribution in [2.75, 3.05) is 11.9 Å². The Hall–Kier alpha value is -3.48. The summed E-state index contributed by atoms with van der Waals surface area (Å²) in [7, 11) is 0. The lowest BCUT2D eigenvalue weighted by Crippen LogP contribution is -2.49. The van der Waals surface area contributed by atoms with Crippen LogP contribution in [0, 0.1) is 0 Å². The average molecular weight is 426 g/mol. The molecular formula is C24H21F3N2O2. The van der Waals surface area contributed by atoms with Gasteiger partial charge in [-0.05, 0) is 23.3 Å². The number of nitrogens with zero attached hydrogens (tertiary/aromatic N) is 1. The molecule has 2 unspecified atom stereocenters. The highest BCUT2D eigenvalue weighted by molar-refractivity contribution is 5.82. The molecule has 3 aromatic carbocycles. The number of halogens is 3. The first kappa shape index (κ1) is 20.8. The summed E-state index contributed by atoms with van der Waals surface area (Å²) in [6.45, 7) is -0.332. The molecule has 1 aliphatic rings. The number of rotatable bonds is 5. The van der Waals surface area contributed by atoms with Crippen LogP contribution in [-0.2, 0) is 11.3 Å². The Balaban J connectivity index is 1.66. The Labute approximate surface area is 178 Å². The van der Waals surface area contributed by atoms with E-state index in [0.717, 1.165) is 10.5 Å². The molecule has 1 N–H and O–H groups in total. The van der Waals surface area contributed by atoms with Gasteiger partial charge in [0.2, 0.25) is 0 Å². The number of hydrogen-bond donors (Lipinski definition) is 1. The van der Waals surface area contributed by atoms with Crippen LogP contribution in [0.2, 0.25) is 0 Å². The van der Waals surface area contributed by atoms with E-state index >= 15 is 0 Å². The van der Waals surface area contributed by atoms with E-state index in [1.807, 2.05) is 42.5 Å². The van der Waals surface area contributed by atoms with Crippen molar-refractivity contribution in [1.82, 2.24) is 4.90 Å². The number of hydrogen-bond acceptors (Lipinski definition) is 3. The lowest BCUT2D eigenvalue weighted by Gasteiger charge is -2.38. The van der Waals surface area contributed by atoms with Crippen LogP contribution in [0.4, 0.5) is 18.9 Å². The Morgan fingerprint density at radius 3 is 2.19 bits per heavy atom. The van der Waals surface area contributed by atoms with Crippen molar-refractivity contribution in [2.45, 2.75) is 24.9 Å². The lowest BCUT2D eigenvalue weighted by atomic mass is 9.98. The molecule has 0 fully saturated rings. The summed E-state index contributed by atoms with van der Waals surface area (Å²) in [5.74, 6) is -1.26. The summed E-state index contributed by atoms with van der Waals surface area (Å²) in [5, 5.41) is 3.28. The average Bonchev–Trinajstić information content (AvgIpc) is 2.78. The zero-order valence-corrected chi connectivity index (χ0v) is 16.5. The second-order valence-corrected chi connectivity index (χ2v) is 7.37. The number of fused-ring (bicyclic) bond motifs is 1. The second-order valence-electron chi connectivity index (χ2n) is 7.37. The molecule has 160 valence electrons. The highest BCUT2D eigenvalue weighted by Crippen LogP contribution is 2.38. The molecule has 0 saturated heterocycles. The van der Waals surface area contributed by atoms with Gasteiger partial charge in [-0.3, -0.25) is 4.79 Å². The van der Waals surface area contributed by atoms with Crippen LogP contribution in [0.15, 0.2) is 84.9 Å². The molecule has 0 aromatic heterocycles. The first-order chi connectivity index (χ1) is 14.9. The summed E-state index contributed by atoms with van der Waals surface area (Å²) < 4.78 is 46.3. The van der Waals surface area contributed by atoms with Gasteiger partial charge in [0.15, 0.2) is 0 Å². The van der Waals surface area contributed by atoms with E-state index in [-0.39, 0.29) is 13.1 Å². The fraction of sp³-hybridized carbons (Fsp3) is 0.208. The van der Waals surface area contributed by atoms with E-state index < -0.39 is 24.2 Å². The number of amides is 1. The van der Waals surface area contributed by atoms with Gasteiger partial charge in [0.1, 0.15) is 11.9 Å². The monoisotopic (exact) mass is 426 g/mol. The van der Waals surface area contributed by atoms with Gasteiger partial charge < -0.3 is 15.0 Å². The predicted molar refractivity (Wildman–Crippen MR) is 112 cm³/mol. The Bertz CT molecular complexity index is 1030. The highest BCUT2D eigenvalue weighted by atomic mass is 19.4. The van der Waals surface area contributed by atoms with E-state index in [4.69, 9.17) is 4.74 Å². The highest BCUT2D eigenvalue weighted by Gasteiger charge is 2.44. The van der Waals surface area contributed by atoms with Gasteiger partial charge in [-0.25, -0.2) is 0 Å².